The lowest BCUT2D eigenvalue weighted by Gasteiger charge is -2.37. The Labute approximate surface area is 244 Å². The van der Waals surface area contributed by atoms with Crippen LogP contribution in [0, 0.1) is 11.8 Å². The van der Waals surface area contributed by atoms with Crippen LogP contribution in [0.4, 0.5) is 0 Å². The van der Waals surface area contributed by atoms with E-state index in [1.807, 2.05) is 6.08 Å². The number of hydrogen-bond acceptors (Lipinski definition) is 8. The summed E-state index contributed by atoms with van der Waals surface area (Å²) in [5.41, 5.74) is -1.02. The third-order valence-electron chi connectivity index (χ3n) is 9.11. The van der Waals surface area contributed by atoms with E-state index in [2.05, 4.69) is 18.1 Å². The van der Waals surface area contributed by atoms with Gasteiger partial charge in [0.05, 0.1) is 37.8 Å². The summed E-state index contributed by atoms with van der Waals surface area (Å²) in [5, 5.41) is 9.16. The van der Waals surface area contributed by atoms with E-state index in [-0.39, 0.29) is 24.4 Å². The highest BCUT2D eigenvalue weighted by atomic mass is 16.6. The molecular formula is C31H49N3O7. The number of likely N-dealkylation sites (tertiary alicyclic amines) is 1. The van der Waals surface area contributed by atoms with Crippen LogP contribution in [-0.2, 0) is 28.6 Å². The van der Waals surface area contributed by atoms with Crippen molar-refractivity contribution in [3.8, 4) is 0 Å². The number of hydrogen-bond donors (Lipinski definition) is 1. The first-order valence-electron chi connectivity index (χ1n) is 15.5. The number of amides is 2. The lowest BCUT2D eigenvalue weighted by atomic mass is 9.70. The summed E-state index contributed by atoms with van der Waals surface area (Å²) in [6, 6.07) is -0.780. The lowest BCUT2D eigenvalue weighted by molar-refractivity contribution is -0.155. The molecule has 0 aromatic heterocycles. The second kappa shape index (κ2) is 15.3. The standard InChI is InChI=1S/C31H49N3O7/c1-3-5-6-11-21-40-30(38)25-24-12-13-31(41-24)26(25)28(36)34(15-9-7-8-10-20-35)27(31)29(37)33(14-4-2)17-16-32-18-22-39-23-19-32/h3-4,24-27,35H,1-2,5-23H2/t24-,25+,26-,27?,31?/m0/s1. The van der Waals surface area contributed by atoms with Crippen molar-refractivity contribution in [3.63, 3.8) is 0 Å². The van der Waals surface area contributed by atoms with E-state index in [4.69, 9.17) is 19.3 Å². The van der Waals surface area contributed by atoms with Crippen molar-refractivity contribution < 1.29 is 33.7 Å². The first-order valence-corrected chi connectivity index (χ1v) is 15.5. The van der Waals surface area contributed by atoms with Gasteiger partial charge < -0.3 is 29.1 Å². The fourth-order valence-electron chi connectivity index (χ4n) is 7.06. The Morgan fingerprint density at radius 2 is 1.85 bits per heavy atom. The smallest absolute Gasteiger partial charge is 0.312 e. The topological polar surface area (TPSA) is 109 Å². The molecule has 2 unspecified atom stereocenters. The predicted octanol–water partition coefficient (Wildman–Crippen LogP) is 2.16. The summed E-state index contributed by atoms with van der Waals surface area (Å²) in [7, 11) is 0. The van der Waals surface area contributed by atoms with E-state index in [1.165, 1.54) is 0 Å². The number of nitrogens with zero attached hydrogens (tertiary/aromatic N) is 3. The van der Waals surface area contributed by atoms with Gasteiger partial charge in [-0.05, 0) is 44.9 Å². The number of unbranched alkanes of at least 4 members (excludes halogenated alkanes) is 5. The van der Waals surface area contributed by atoms with Crippen molar-refractivity contribution >= 4 is 17.8 Å². The highest BCUT2D eigenvalue weighted by Crippen LogP contribution is 2.58. The number of allylic oxidation sites excluding steroid dienone is 1. The molecule has 0 radical (unpaired) electrons. The zero-order valence-corrected chi connectivity index (χ0v) is 24.6. The largest absolute Gasteiger partial charge is 0.465 e. The fraction of sp³-hybridized carbons (Fsp3) is 0.774. The monoisotopic (exact) mass is 575 g/mol. The Bertz CT molecular complexity index is 923. The van der Waals surface area contributed by atoms with Crippen LogP contribution in [0.1, 0.15) is 57.8 Å². The molecule has 41 heavy (non-hydrogen) atoms. The summed E-state index contributed by atoms with van der Waals surface area (Å²) in [6.07, 6.45) is 9.97. The molecule has 0 aromatic rings. The zero-order chi connectivity index (χ0) is 29.2. The molecule has 4 fully saturated rings. The number of aliphatic hydroxyl groups is 1. The molecule has 4 aliphatic rings. The van der Waals surface area contributed by atoms with Crippen molar-refractivity contribution in [1.82, 2.24) is 14.7 Å². The molecule has 4 saturated heterocycles. The number of aliphatic hydroxyl groups excluding tert-OH is 1. The minimum absolute atomic E-state index is 0.136. The predicted molar refractivity (Wildman–Crippen MR) is 154 cm³/mol. The van der Waals surface area contributed by atoms with Crippen molar-refractivity contribution in [2.24, 2.45) is 11.8 Å². The number of morpholine rings is 1. The zero-order valence-electron chi connectivity index (χ0n) is 24.6. The molecule has 0 aromatic carbocycles. The van der Waals surface area contributed by atoms with E-state index in [0.29, 0.717) is 65.3 Å². The van der Waals surface area contributed by atoms with Crippen LogP contribution >= 0.6 is 0 Å². The maximum atomic E-state index is 14.4. The summed E-state index contributed by atoms with van der Waals surface area (Å²) in [5.74, 6) is -2.10. The third kappa shape index (κ3) is 7.04. The Hall–Kier alpha value is -2.27. The van der Waals surface area contributed by atoms with Gasteiger partial charge >= 0.3 is 5.97 Å². The lowest BCUT2D eigenvalue weighted by Crippen LogP contribution is -2.57. The molecule has 2 bridgehead atoms. The molecule has 2 amide bonds. The van der Waals surface area contributed by atoms with E-state index < -0.39 is 29.6 Å². The highest BCUT2D eigenvalue weighted by molar-refractivity contribution is 5.98. The van der Waals surface area contributed by atoms with Crippen molar-refractivity contribution in [2.75, 3.05) is 65.7 Å². The highest BCUT2D eigenvalue weighted by Gasteiger charge is 2.75. The maximum Gasteiger partial charge on any atom is 0.312 e. The van der Waals surface area contributed by atoms with E-state index in [1.54, 1.807) is 15.9 Å². The second-order valence-electron chi connectivity index (χ2n) is 11.7. The van der Waals surface area contributed by atoms with Crippen molar-refractivity contribution in [2.45, 2.75) is 75.5 Å². The quantitative estimate of drug-likeness (QED) is 0.151. The molecule has 230 valence electrons. The summed E-state index contributed by atoms with van der Waals surface area (Å²) in [6.45, 7) is 13.1. The van der Waals surface area contributed by atoms with Crippen LogP contribution in [0.15, 0.2) is 25.3 Å². The minimum atomic E-state index is -1.02. The minimum Gasteiger partial charge on any atom is -0.465 e. The Morgan fingerprint density at radius 3 is 2.59 bits per heavy atom. The number of fused-ring (bicyclic) bond motifs is 1. The Kier molecular flexibility index (Phi) is 11.8. The molecule has 10 nitrogen and oxygen atoms in total. The number of esters is 1. The van der Waals surface area contributed by atoms with Gasteiger partial charge in [0.2, 0.25) is 11.8 Å². The van der Waals surface area contributed by atoms with Gasteiger partial charge in [0.1, 0.15) is 11.6 Å². The van der Waals surface area contributed by atoms with Gasteiger partial charge in [-0.15, -0.1) is 13.2 Å². The Morgan fingerprint density at radius 1 is 1.07 bits per heavy atom. The fourth-order valence-corrected chi connectivity index (χ4v) is 7.06. The third-order valence-corrected chi connectivity index (χ3v) is 9.11. The summed E-state index contributed by atoms with van der Waals surface area (Å²) >= 11 is 0. The van der Waals surface area contributed by atoms with Crippen LogP contribution in [-0.4, -0.2) is 121 Å². The van der Waals surface area contributed by atoms with Gasteiger partial charge in [0.15, 0.2) is 0 Å². The molecule has 0 aliphatic carbocycles. The molecule has 0 saturated carbocycles. The van der Waals surface area contributed by atoms with Gasteiger partial charge in [-0.3, -0.25) is 19.3 Å². The molecule has 4 aliphatic heterocycles. The van der Waals surface area contributed by atoms with Gasteiger partial charge in [-0.1, -0.05) is 25.0 Å². The van der Waals surface area contributed by atoms with Crippen LogP contribution in [0.5, 0.6) is 0 Å². The van der Waals surface area contributed by atoms with Crippen LogP contribution in [0.25, 0.3) is 0 Å². The van der Waals surface area contributed by atoms with Gasteiger partial charge in [-0.2, -0.15) is 0 Å². The van der Waals surface area contributed by atoms with Crippen molar-refractivity contribution in [3.05, 3.63) is 25.3 Å². The van der Waals surface area contributed by atoms with E-state index >= 15 is 0 Å². The molecule has 5 atom stereocenters. The molecule has 4 heterocycles. The molecule has 10 heteroatoms. The number of carbonyl (C=O) groups is 3. The normalized spacial score (nSPS) is 29.0. The summed E-state index contributed by atoms with van der Waals surface area (Å²) in [4.78, 5) is 47.6. The van der Waals surface area contributed by atoms with Crippen LogP contribution < -0.4 is 0 Å². The summed E-state index contributed by atoms with van der Waals surface area (Å²) < 4.78 is 17.7. The van der Waals surface area contributed by atoms with Gasteiger partial charge in [0.25, 0.3) is 0 Å². The first-order chi connectivity index (χ1) is 20.0. The van der Waals surface area contributed by atoms with Gasteiger partial charge in [-0.25, -0.2) is 0 Å². The van der Waals surface area contributed by atoms with Gasteiger partial charge in [0, 0.05) is 45.9 Å². The average molecular weight is 576 g/mol. The SMILES string of the molecule is C=CCCCCOC(=O)[C@@H]1[C@@H]2CCC3(O2)C(C(=O)N(CC=C)CCN2CCOCC2)N(CCCCCCO)C(=O)[C@H]13. The van der Waals surface area contributed by atoms with E-state index in [0.717, 1.165) is 51.6 Å². The average Bonchev–Trinajstić information content (AvgIpc) is 3.62. The molecule has 1 N–H and O–H groups in total. The molecular weight excluding hydrogens is 526 g/mol. The Balaban J connectivity index is 1.53. The van der Waals surface area contributed by atoms with Crippen molar-refractivity contribution in [1.29, 1.82) is 0 Å². The number of ether oxygens (including phenoxy) is 3. The van der Waals surface area contributed by atoms with E-state index in [9.17, 15) is 14.4 Å². The van der Waals surface area contributed by atoms with Crippen LogP contribution in [0.2, 0.25) is 0 Å². The maximum absolute atomic E-state index is 14.4. The molecule has 1 spiro atoms. The van der Waals surface area contributed by atoms with Crippen LogP contribution in [0.3, 0.4) is 0 Å². The number of carbonyl (C=O) groups excluding carboxylic acids is 3. The second-order valence-corrected chi connectivity index (χ2v) is 11.7. The number of rotatable bonds is 18. The first kappa shape index (κ1) is 31.7. The molecule has 4 rings (SSSR count).